The molecule has 2 aliphatic rings. The summed E-state index contributed by atoms with van der Waals surface area (Å²) in [5, 5.41) is 3.38. The largest absolute Gasteiger partial charge is 0.468 e. The third-order valence-electron chi connectivity index (χ3n) is 4.00. The molecular formula is C15H24N2O. The summed E-state index contributed by atoms with van der Waals surface area (Å²) in [5.74, 6) is 2.14. The summed E-state index contributed by atoms with van der Waals surface area (Å²) < 4.78 is 5.69. The second-order valence-corrected chi connectivity index (χ2v) is 5.75. The summed E-state index contributed by atoms with van der Waals surface area (Å²) >= 11 is 0. The van der Waals surface area contributed by atoms with Gasteiger partial charge in [0.1, 0.15) is 5.76 Å². The summed E-state index contributed by atoms with van der Waals surface area (Å²) in [6.07, 6.45) is 7.48. The predicted octanol–water partition coefficient (Wildman–Crippen LogP) is 2.76. The third-order valence-corrected chi connectivity index (χ3v) is 4.00. The number of nitrogens with zero attached hydrogens (tertiary/aromatic N) is 1. The molecule has 0 saturated heterocycles. The van der Waals surface area contributed by atoms with Crippen molar-refractivity contribution in [2.75, 3.05) is 13.1 Å². The van der Waals surface area contributed by atoms with E-state index in [1.807, 2.05) is 6.26 Å². The Labute approximate surface area is 110 Å². The molecule has 1 aromatic rings. The quantitative estimate of drug-likeness (QED) is 0.767. The zero-order valence-corrected chi connectivity index (χ0v) is 11.3. The van der Waals surface area contributed by atoms with E-state index in [2.05, 4.69) is 23.2 Å². The molecule has 3 nitrogen and oxygen atoms in total. The Morgan fingerprint density at radius 3 is 2.83 bits per heavy atom. The van der Waals surface area contributed by atoms with Gasteiger partial charge in [0, 0.05) is 24.7 Å². The minimum absolute atomic E-state index is 0.836. The fourth-order valence-electron chi connectivity index (χ4n) is 2.52. The highest BCUT2D eigenvalue weighted by Gasteiger charge is 2.34. The average molecular weight is 248 g/mol. The zero-order chi connectivity index (χ0) is 12.4. The van der Waals surface area contributed by atoms with Crippen LogP contribution in [0.25, 0.3) is 0 Å². The Hall–Kier alpha value is -0.800. The fourth-order valence-corrected chi connectivity index (χ4v) is 2.52. The molecule has 2 fully saturated rings. The highest BCUT2D eigenvalue weighted by molar-refractivity contribution is 5.17. The number of nitrogens with one attached hydrogen (secondary N) is 1. The van der Waals surface area contributed by atoms with Crippen molar-refractivity contribution in [2.24, 2.45) is 5.92 Å². The lowest BCUT2D eigenvalue weighted by atomic mass is 10.2. The number of rotatable bonds is 8. The molecule has 0 radical (unpaired) electrons. The van der Waals surface area contributed by atoms with Gasteiger partial charge in [-0.3, -0.25) is 4.90 Å². The summed E-state index contributed by atoms with van der Waals surface area (Å²) in [6.45, 7) is 6.38. The van der Waals surface area contributed by atoms with E-state index in [1.54, 1.807) is 0 Å². The standard InChI is InChI=1S/C15H24N2O/c1-2-16-9-13-7-8-18-15(13)11-17(14-5-6-14)10-12-3-4-12/h7-8,12,14,16H,2-6,9-11H2,1H3. The summed E-state index contributed by atoms with van der Waals surface area (Å²) in [6, 6.07) is 2.95. The van der Waals surface area contributed by atoms with Crippen LogP contribution in [-0.4, -0.2) is 24.0 Å². The van der Waals surface area contributed by atoms with Gasteiger partial charge in [0.2, 0.25) is 0 Å². The first-order valence-electron chi connectivity index (χ1n) is 7.37. The van der Waals surface area contributed by atoms with Crippen molar-refractivity contribution in [3.05, 3.63) is 23.7 Å². The van der Waals surface area contributed by atoms with Gasteiger partial charge in [0.05, 0.1) is 12.8 Å². The smallest absolute Gasteiger partial charge is 0.122 e. The third kappa shape index (κ3) is 3.15. The van der Waals surface area contributed by atoms with E-state index >= 15 is 0 Å². The molecule has 3 heteroatoms. The molecule has 0 atom stereocenters. The first-order valence-corrected chi connectivity index (χ1v) is 7.37. The minimum atomic E-state index is 0.836. The van der Waals surface area contributed by atoms with Crippen molar-refractivity contribution in [1.29, 1.82) is 0 Å². The molecule has 2 aliphatic carbocycles. The molecule has 1 heterocycles. The Bertz CT molecular complexity index is 380. The Morgan fingerprint density at radius 2 is 2.17 bits per heavy atom. The van der Waals surface area contributed by atoms with E-state index in [1.165, 1.54) is 43.6 Å². The molecule has 3 rings (SSSR count). The van der Waals surface area contributed by atoms with E-state index in [9.17, 15) is 0 Å². The maximum Gasteiger partial charge on any atom is 0.122 e. The fraction of sp³-hybridized carbons (Fsp3) is 0.733. The van der Waals surface area contributed by atoms with Crippen LogP contribution >= 0.6 is 0 Å². The second-order valence-electron chi connectivity index (χ2n) is 5.75. The summed E-state index contributed by atoms with van der Waals surface area (Å²) in [5.41, 5.74) is 1.33. The topological polar surface area (TPSA) is 28.4 Å². The van der Waals surface area contributed by atoms with E-state index in [0.717, 1.165) is 31.6 Å². The molecule has 2 saturated carbocycles. The van der Waals surface area contributed by atoms with E-state index < -0.39 is 0 Å². The molecule has 0 unspecified atom stereocenters. The second kappa shape index (κ2) is 5.45. The van der Waals surface area contributed by atoms with Crippen LogP contribution in [0.1, 0.15) is 43.9 Å². The van der Waals surface area contributed by atoms with Crippen molar-refractivity contribution in [2.45, 2.75) is 51.7 Å². The van der Waals surface area contributed by atoms with Crippen LogP contribution < -0.4 is 5.32 Å². The lowest BCUT2D eigenvalue weighted by Gasteiger charge is -2.21. The summed E-state index contributed by atoms with van der Waals surface area (Å²) in [7, 11) is 0. The molecule has 0 bridgehead atoms. The zero-order valence-electron chi connectivity index (χ0n) is 11.3. The molecule has 1 aromatic heterocycles. The van der Waals surface area contributed by atoms with E-state index in [-0.39, 0.29) is 0 Å². The van der Waals surface area contributed by atoms with Crippen LogP contribution in [0.15, 0.2) is 16.7 Å². The van der Waals surface area contributed by atoms with Crippen LogP contribution in [0.5, 0.6) is 0 Å². The number of furan rings is 1. The van der Waals surface area contributed by atoms with Gasteiger partial charge in [-0.25, -0.2) is 0 Å². The molecule has 0 amide bonds. The van der Waals surface area contributed by atoms with Gasteiger partial charge >= 0.3 is 0 Å². The molecule has 0 spiro atoms. The van der Waals surface area contributed by atoms with Crippen molar-refractivity contribution >= 4 is 0 Å². The van der Waals surface area contributed by atoms with Gasteiger partial charge in [0.25, 0.3) is 0 Å². The van der Waals surface area contributed by atoms with Crippen LogP contribution in [0.4, 0.5) is 0 Å². The Kier molecular flexibility index (Phi) is 3.71. The first-order chi connectivity index (χ1) is 8.86. The van der Waals surface area contributed by atoms with Crippen LogP contribution in [0.2, 0.25) is 0 Å². The predicted molar refractivity (Wildman–Crippen MR) is 72.2 cm³/mol. The van der Waals surface area contributed by atoms with E-state index in [4.69, 9.17) is 4.42 Å². The van der Waals surface area contributed by atoms with Gasteiger partial charge in [0.15, 0.2) is 0 Å². The maximum atomic E-state index is 5.69. The van der Waals surface area contributed by atoms with Crippen LogP contribution in [0, 0.1) is 5.92 Å². The van der Waals surface area contributed by atoms with Gasteiger partial charge < -0.3 is 9.73 Å². The van der Waals surface area contributed by atoms with Gasteiger partial charge in [-0.05, 0) is 44.2 Å². The molecule has 1 N–H and O–H groups in total. The molecule has 18 heavy (non-hydrogen) atoms. The van der Waals surface area contributed by atoms with Crippen LogP contribution in [0.3, 0.4) is 0 Å². The normalized spacial score (nSPS) is 19.7. The highest BCUT2D eigenvalue weighted by Crippen LogP contribution is 2.35. The van der Waals surface area contributed by atoms with Gasteiger partial charge in [-0.1, -0.05) is 6.92 Å². The van der Waals surface area contributed by atoms with Crippen molar-refractivity contribution in [1.82, 2.24) is 10.2 Å². The lowest BCUT2D eigenvalue weighted by molar-refractivity contribution is 0.223. The monoisotopic (exact) mass is 248 g/mol. The van der Waals surface area contributed by atoms with Crippen molar-refractivity contribution in [3.8, 4) is 0 Å². The SMILES string of the molecule is CCNCc1ccoc1CN(CC1CC1)C1CC1. The van der Waals surface area contributed by atoms with Crippen molar-refractivity contribution in [3.63, 3.8) is 0 Å². The molecule has 0 aliphatic heterocycles. The minimum Gasteiger partial charge on any atom is -0.468 e. The average Bonchev–Trinajstić information content (AvgIpc) is 3.26. The summed E-state index contributed by atoms with van der Waals surface area (Å²) in [4.78, 5) is 2.64. The van der Waals surface area contributed by atoms with Crippen molar-refractivity contribution < 1.29 is 4.42 Å². The first kappa shape index (κ1) is 12.2. The van der Waals surface area contributed by atoms with E-state index in [0.29, 0.717) is 0 Å². The lowest BCUT2D eigenvalue weighted by Crippen LogP contribution is -2.28. The molecular weight excluding hydrogens is 224 g/mol. The number of hydrogen-bond acceptors (Lipinski definition) is 3. The van der Waals surface area contributed by atoms with Crippen LogP contribution in [-0.2, 0) is 13.1 Å². The van der Waals surface area contributed by atoms with Gasteiger partial charge in [-0.15, -0.1) is 0 Å². The molecule has 100 valence electrons. The maximum absolute atomic E-state index is 5.69. The Balaban J connectivity index is 1.60. The van der Waals surface area contributed by atoms with Gasteiger partial charge in [-0.2, -0.15) is 0 Å². The highest BCUT2D eigenvalue weighted by atomic mass is 16.3. The number of hydrogen-bond donors (Lipinski definition) is 1. The molecule has 0 aromatic carbocycles. The Morgan fingerprint density at radius 1 is 1.33 bits per heavy atom.